The van der Waals surface area contributed by atoms with Crippen molar-refractivity contribution in [3.05, 3.63) is 72.8 Å². The van der Waals surface area contributed by atoms with Gasteiger partial charge in [-0.2, -0.15) is 0 Å². The van der Waals surface area contributed by atoms with Gasteiger partial charge in [-0.3, -0.25) is 0 Å². The van der Waals surface area contributed by atoms with Gasteiger partial charge < -0.3 is 46.7 Å². The van der Waals surface area contributed by atoms with Gasteiger partial charge in [-0.25, -0.2) is 0 Å². The van der Waals surface area contributed by atoms with Gasteiger partial charge in [0, 0.05) is 36.4 Å². The molecule has 0 heterocycles. The molecule has 9 N–H and O–H groups in total. The van der Waals surface area contributed by atoms with Gasteiger partial charge in [0.25, 0.3) is 0 Å². The Morgan fingerprint density at radius 1 is 0.412 bits per heavy atom. The van der Waals surface area contributed by atoms with E-state index in [0.717, 1.165) is 0 Å². The number of aromatic hydroxyl groups is 3. The highest BCUT2D eigenvalue weighted by molar-refractivity contribution is 5.85. The lowest BCUT2D eigenvalue weighted by molar-refractivity contribution is 0.430. The Labute approximate surface area is 200 Å². The molecule has 0 unspecified atom stereocenters. The highest BCUT2D eigenvalue weighted by Crippen LogP contribution is 2.38. The lowest BCUT2D eigenvalue weighted by atomic mass is 10.2. The molecule has 0 spiro atoms. The molecule has 10 heteroatoms. The fourth-order valence-electron chi connectivity index (χ4n) is 2.89. The van der Waals surface area contributed by atoms with Crippen molar-refractivity contribution in [3.8, 4) is 51.7 Å². The molecular formula is C24H22ClN3O6. The van der Waals surface area contributed by atoms with Gasteiger partial charge in [-0.1, -0.05) is 0 Å². The molecule has 0 fully saturated rings. The van der Waals surface area contributed by atoms with Gasteiger partial charge >= 0.3 is 0 Å². The van der Waals surface area contributed by atoms with Gasteiger partial charge in [0.2, 0.25) is 0 Å². The molecule has 0 saturated carbocycles. The zero-order chi connectivity index (χ0) is 23.5. The van der Waals surface area contributed by atoms with E-state index in [1.165, 1.54) is 36.4 Å². The van der Waals surface area contributed by atoms with E-state index in [1.807, 2.05) is 0 Å². The van der Waals surface area contributed by atoms with Crippen LogP contribution in [0.4, 0.5) is 17.1 Å². The summed E-state index contributed by atoms with van der Waals surface area (Å²) < 4.78 is 17.5. The van der Waals surface area contributed by atoms with E-state index >= 15 is 0 Å². The Hall–Kier alpha value is -4.63. The number of anilines is 3. The van der Waals surface area contributed by atoms with E-state index in [0.29, 0.717) is 34.5 Å². The first-order valence-electron chi connectivity index (χ1n) is 9.71. The molecule has 0 saturated heterocycles. The third-order valence-corrected chi connectivity index (χ3v) is 4.57. The van der Waals surface area contributed by atoms with E-state index < -0.39 is 0 Å². The van der Waals surface area contributed by atoms with Crippen molar-refractivity contribution in [1.82, 2.24) is 0 Å². The Balaban J connectivity index is 0.00000324. The number of nitrogen functional groups attached to an aromatic ring is 3. The highest BCUT2D eigenvalue weighted by atomic mass is 35.5. The smallest absolute Gasteiger partial charge is 0.142 e. The zero-order valence-corrected chi connectivity index (χ0v) is 18.5. The Kier molecular flexibility index (Phi) is 6.98. The van der Waals surface area contributed by atoms with Crippen LogP contribution in [0.3, 0.4) is 0 Å². The van der Waals surface area contributed by atoms with Crippen LogP contribution in [0.15, 0.2) is 72.8 Å². The van der Waals surface area contributed by atoms with Crippen molar-refractivity contribution in [3.63, 3.8) is 0 Å². The molecule has 4 aromatic rings. The lowest BCUT2D eigenvalue weighted by Gasteiger charge is -2.14. The number of halogens is 1. The summed E-state index contributed by atoms with van der Waals surface area (Å²) >= 11 is 0. The van der Waals surface area contributed by atoms with Crippen molar-refractivity contribution in [2.24, 2.45) is 0 Å². The van der Waals surface area contributed by atoms with Crippen LogP contribution < -0.4 is 31.4 Å². The summed E-state index contributed by atoms with van der Waals surface area (Å²) in [4.78, 5) is 0. The monoisotopic (exact) mass is 483 g/mol. The highest BCUT2D eigenvalue weighted by Gasteiger charge is 2.11. The van der Waals surface area contributed by atoms with Crippen LogP contribution in [0.25, 0.3) is 0 Å². The topological polar surface area (TPSA) is 166 Å². The number of rotatable bonds is 6. The van der Waals surface area contributed by atoms with Crippen LogP contribution >= 0.6 is 12.4 Å². The standard InChI is InChI=1S/C24H21N3O6.ClH/c25-19-4-1-13(10-22(19)28)31-16-7-17(32-14-2-5-20(26)23(29)11-14)9-18(8-16)33-15-3-6-21(27)24(30)12-15;/h1-12,28-30H,25-27H2;1H. The van der Waals surface area contributed by atoms with E-state index in [2.05, 4.69) is 0 Å². The normalized spacial score (nSPS) is 10.2. The summed E-state index contributed by atoms with van der Waals surface area (Å²) in [6.07, 6.45) is 0. The van der Waals surface area contributed by atoms with Crippen LogP contribution in [0.5, 0.6) is 51.7 Å². The second-order valence-corrected chi connectivity index (χ2v) is 7.11. The maximum atomic E-state index is 9.85. The van der Waals surface area contributed by atoms with Crippen LogP contribution in [0, 0.1) is 0 Å². The Bertz CT molecular complexity index is 1160. The van der Waals surface area contributed by atoms with E-state index in [1.54, 1.807) is 36.4 Å². The van der Waals surface area contributed by atoms with E-state index in [9.17, 15) is 15.3 Å². The van der Waals surface area contributed by atoms with Crippen molar-refractivity contribution in [1.29, 1.82) is 0 Å². The molecule has 0 aliphatic carbocycles. The summed E-state index contributed by atoms with van der Waals surface area (Å²) in [5.74, 6) is 1.62. The molecule has 176 valence electrons. The molecule has 0 atom stereocenters. The molecule has 0 aromatic heterocycles. The first-order valence-corrected chi connectivity index (χ1v) is 9.71. The molecular weight excluding hydrogens is 462 g/mol. The molecule has 4 aromatic carbocycles. The lowest BCUT2D eigenvalue weighted by Crippen LogP contribution is -1.93. The Morgan fingerprint density at radius 2 is 0.676 bits per heavy atom. The third kappa shape index (κ3) is 5.59. The van der Waals surface area contributed by atoms with Crippen molar-refractivity contribution >= 4 is 29.5 Å². The molecule has 0 radical (unpaired) electrons. The number of ether oxygens (including phenoxy) is 3. The summed E-state index contributed by atoms with van der Waals surface area (Å²) in [6, 6.07) is 18.2. The fraction of sp³-hybridized carbons (Fsp3) is 0. The average Bonchev–Trinajstić information content (AvgIpc) is 2.76. The molecule has 0 aliphatic rings. The van der Waals surface area contributed by atoms with Crippen LogP contribution in [0.2, 0.25) is 0 Å². The number of phenols is 3. The van der Waals surface area contributed by atoms with E-state index in [4.69, 9.17) is 31.4 Å². The number of phenolic OH excluding ortho intramolecular Hbond substituents is 3. The Morgan fingerprint density at radius 3 is 0.912 bits per heavy atom. The second kappa shape index (κ2) is 9.88. The largest absolute Gasteiger partial charge is 0.506 e. The third-order valence-electron chi connectivity index (χ3n) is 4.57. The quantitative estimate of drug-likeness (QED) is 0.156. The van der Waals surface area contributed by atoms with Gasteiger partial charge in [0.05, 0.1) is 17.1 Å². The van der Waals surface area contributed by atoms with Gasteiger partial charge in [0.1, 0.15) is 51.7 Å². The average molecular weight is 484 g/mol. The SMILES string of the molecule is Cl.Nc1ccc(Oc2cc(Oc3ccc(N)c(O)c3)cc(Oc3ccc(N)c(O)c3)c2)cc1O. The first-order chi connectivity index (χ1) is 15.8. The minimum absolute atomic E-state index is 0. The molecule has 9 nitrogen and oxygen atoms in total. The van der Waals surface area contributed by atoms with Crippen LogP contribution in [-0.2, 0) is 0 Å². The maximum absolute atomic E-state index is 9.85. The predicted octanol–water partition coefficient (Wildman–Crippen LogP) is 5.35. The molecule has 0 bridgehead atoms. The van der Waals surface area contributed by atoms with Crippen LogP contribution in [-0.4, -0.2) is 15.3 Å². The first kappa shape index (κ1) is 24.0. The summed E-state index contributed by atoms with van der Waals surface area (Å²) in [7, 11) is 0. The number of benzene rings is 4. The summed E-state index contributed by atoms with van der Waals surface area (Å²) in [5, 5.41) is 29.6. The van der Waals surface area contributed by atoms with Gasteiger partial charge in [-0.05, 0) is 36.4 Å². The molecule has 0 amide bonds. The minimum atomic E-state index is -0.119. The number of hydrogen-bond acceptors (Lipinski definition) is 9. The molecule has 4 rings (SSSR count). The summed E-state index contributed by atoms with van der Waals surface area (Å²) in [5.41, 5.74) is 17.6. The number of nitrogens with two attached hydrogens (primary N) is 3. The van der Waals surface area contributed by atoms with Gasteiger partial charge in [0.15, 0.2) is 0 Å². The molecule has 0 aliphatic heterocycles. The number of hydrogen-bond donors (Lipinski definition) is 6. The predicted molar refractivity (Wildman–Crippen MR) is 131 cm³/mol. The van der Waals surface area contributed by atoms with Crippen molar-refractivity contribution in [2.75, 3.05) is 17.2 Å². The minimum Gasteiger partial charge on any atom is -0.506 e. The van der Waals surface area contributed by atoms with Gasteiger partial charge in [-0.15, -0.1) is 12.4 Å². The summed E-state index contributed by atoms with van der Waals surface area (Å²) in [6.45, 7) is 0. The zero-order valence-electron chi connectivity index (χ0n) is 17.6. The van der Waals surface area contributed by atoms with Crippen molar-refractivity contribution in [2.45, 2.75) is 0 Å². The van der Waals surface area contributed by atoms with Crippen molar-refractivity contribution < 1.29 is 29.5 Å². The fourth-order valence-corrected chi connectivity index (χ4v) is 2.89. The molecule has 34 heavy (non-hydrogen) atoms. The van der Waals surface area contributed by atoms with Crippen LogP contribution in [0.1, 0.15) is 0 Å². The van der Waals surface area contributed by atoms with E-state index in [-0.39, 0.29) is 46.7 Å². The second-order valence-electron chi connectivity index (χ2n) is 7.11. The maximum Gasteiger partial charge on any atom is 0.142 e.